The van der Waals surface area contributed by atoms with Gasteiger partial charge in [0.1, 0.15) is 5.82 Å². The number of halogens is 1. The highest BCUT2D eigenvalue weighted by Crippen LogP contribution is 2.19. The maximum absolute atomic E-state index is 13.1. The molecule has 1 N–H and O–H groups in total. The van der Waals surface area contributed by atoms with Gasteiger partial charge in [0.05, 0.1) is 17.5 Å². The first-order valence-electron chi connectivity index (χ1n) is 9.12. The third-order valence-electron chi connectivity index (χ3n) is 4.70. The summed E-state index contributed by atoms with van der Waals surface area (Å²) in [5.74, 6) is -0.897. The second-order valence-electron chi connectivity index (χ2n) is 6.83. The van der Waals surface area contributed by atoms with E-state index >= 15 is 0 Å². The summed E-state index contributed by atoms with van der Waals surface area (Å²) >= 11 is 0. The van der Waals surface area contributed by atoms with Gasteiger partial charge in [0, 0.05) is 19.6 Å². The lowest BCUT2D eigenvalue weighted by Gasteiger charge is -2.21. The van der Waals surface area contributed by atoms with Gasteiger partial charge in [0.15, 0.2) is 0 Å². The molecule has 0 radical (unpaired) electrons. The summed E-state index contributed by atoms with van der Waals surface area (Å²) in [6.45, 7) is 0.00102. The minimum Gasteiger partial charge on any atom is -0.390 e. The summed E-state index contributed by atoms with van der Waals surface area (Å²) < 4.78 is 39.6. The van der Waals surface area contributed by atoms with Gasteiger partial charge in [0.25, 0.3) is 0 Å². The first kappa shape index (κ1) is 20.4. The van der Waals surface area contributed by atoms with Crippen LogP contribution in [0.15, 0.2) is 59.5 Å². The number of aliphatic hydroxyl groups excluding tert-OH is 1. The van der Waals surface area contributed by atoms with Gasteiger partial charge in [-0.1, -0.05) is 30.3 Å². The zero-order valence-electron chi connectivity index (χ0n) is 15.4. The van der Waals surface area contributed by atoms with E-state index in [0.717, 1.165) is 40.6 Å². The summed E-state index contributed by atoms with van der Waals surface area (Å²) in [5, 5.41) is 10.3. The number of rotatable bonds is 6. The smallest absolute Gasteiger partial charge is 0.243 e. The Morgan fingerprint density at radius 1 is 1.04 bits per heavy atom. The van der Waals surface area contributed by atoms with Crippen molar-refractivity contribution < 1.29 is 22.7 Å². The molecule has 6 nitrogen and oxygen atoms in total. The van der Waals surface area contributed by atoms with Crippen molar-refractivity contribution in [3.63, 3.8) is 0 Å². The molecule has 1 atom stereocenters. The van der Waals surface area contributed by atoms with E-state index < -0.39 is 21.9 Å². The van der Waals surface area contributed by atoms with Crippen LogP contribution in [-0.2, 0) is 21.2 Å². The molecule has 3 rings (SSSR count). The van der Waals surface area contributed by atoms with Crippen molar-refractivity contribution in [1.29, 1.82) is 0 Å². The summed E-state index contributed by atoms with van der Waals surface area (Å²) in [5.41, 5.74) is 1.16. The fourth-order valence-corrected chi connectivity index (χ4v) is 4.66. The number of hydrogen-bond donors (Lipinski definition) is 1. The molecule has 1 saturated heterocycles. The van der Waals surface area contributed by atoms with E-state index in [-0.39, 0.29) is 30.4 Å². The van der Waals surface area contributed by atoms with Crippen LogP contribution in [0.4, 0.5) is 4.39 Å². The predicted molar refractivity (Wildman–Crippen MR) is 103 cm³/mol. The molecule has 150 valence electrons. The van der Waals surface area contributed by atoms with Crippen molar-refractivity contribution in [2.75, 3.05) is 26.2 Å². The zero-order chi connectivity index (χ0) is 20.1. The summed E-state index contributed by atoms with van der Waals surface area (Å²) in [6, 6.07) is 14.3. The molecule has 1 fully saturated rings. The molecular formula is C20H23FN2O4S. The van der Waals surface area contributed by atoms with Crippen LogP contribution in [0.5, 0.6) is 0 Å². The van der Waals surface area contributed by atoms with E-state index in [1.807, 2.05) is 30.3 Å². The summed E-state index contributed by atoms with van der Waals surface area (Å²) in [6.07, 6.45) is 0.518. The molecule has 1 heterocycles. The second kappa shape index (κ2) is 8.81. The average Bonchev–Trinajstić information content (AvgIpc) is 2.82. The van der Waals surface area contributed by atoms with Gasteiger partial charge >= 0.3 is 0 Å². The van der Waals surface area contributed by atoms with Crippen molar-refractivity contribution in [1.82, 2.24) is 9.21 Å². The Hall–Kier alpha value is -2.29. The normalized spacial score (nSPS) is 18.9. The Labute approximate surface area is 164 Å². The van der Waals surface area contributed by atoms with Crippen molar-refractivity contribution in [2.45, 2.75) is 23.8 Å². The van der Waals surface area contributed by atoms with Crippen molar-refractivity contribution in [3.05, 3.63) is 66.0 Å². The number of amides is 1. The van der Waals surface area contributed by atoms with E-state index in [4.69, 9.17) is 0 Å². The number of nitrogens with zero attached hydrogens (tertiary/aromatic N) is 2. The predicted octanol–water partition coefficient (Wildman–Crippen LogP) is 1.65. The Morgan fingerprint density at radius 3 is 2.39 bits per heavy atom. The molecule has 0 spiro atoms. The molecule has 0 saturated carbocycles. The number of aryl methyl sites for hydroxylation is 1. The van der Waals surface area contributed by atoms with Crippen LogP contribution in [0.25, 0.3) is 0 Å². The van der Waals surface area contributed by atoms with Crippen molar-refractivity contribution in [3.8, 4) is 0 Å². The van der Waals surface area contributed by atoms with E-state index in [1.54, 1.807) is 0 Å². The highest BCUT2D eigenvalue weighted by molar-refractivity contribution is 7.89. The maximum atomic E-state index is 13.1. The van der Waals surface area contributed by atoms with E-state index in [1.165, 1.54) is 4.90 Å². The SMILES string of the molecule is O=C1CN(S(=O)(=O)c2ccc(F)cc2)CC(O)CN1CCCc1ccccc1. The lowest BCUT2D eigenvalue weighted by atomic mass is 10.1. The zero-order valence-corrected chi connectivity index (χ0v) is 16.2. The van der Waals surface area contributed by atoms with Gasteiger partial charge < -0.3 is 10.0 Å². The average molecular weight is 406 g/mol. The molecule has 0 aliphatic carbocycles. The third-order valence-corrected chi connectivity index (χ3v) is 6.52. The molecule has 2 aromatic carbocycles. The highest BCUT2D eigenvalue weighted by atomic mass is 32.2. The van der Waals surface area contributed by atoms with Crippen molar-refractivity contribution >= 4 is 15.9 Å². The van der Waals surface area contributed by atoms with Gasteiger partial charge in [-0.15, -0.1) is 0 Å². The van der Waals surface area contributed by atoms with Crippen LogP contribution >= 0.6 is 0 Å². The van der Waals surface area contributed by atoms with Crippen LogP contribution in [0.1, 0.15) is 12.0 Å². The van der Waals surface area contributed by atoms with E-state index in [9.17, 15) is 22.7 Å². The molecule has 1 amide bonds. The molecule has 1 aliphatic rings. The van der Waals surface area contributed by atoms with Crippen LogP contribution < -0.4 is 0 Å². The molecule has 0 aromatic heterocycles. The summed E-state index contributed by atoms with van der Waals surface area (Å²) in [4.78, 5) is 14.0. The second-order valence-corrected chi connectivity index (χ2v) is 8.77. The van der Waals surface area contributed by atoms with Crippen LogP contribution in [0, 0.1) is 5.82 Å². The number of sulfonamides is 1. The molecule has 0 bridgehead atoms. The van der Waals surface area contributed by atoms with Crippen LogP contribution in [-0.4, -0.2) is 60.9 Å². The number of carbonyl (C=O) groups excluding carboxylic acids is 1. The molecule has 1 aliphatic heterocycles. The first-order chi connectivity index (χ1) is 13.4. The minimum absolute atomic E-state index is 0.0864. The Morgan fingerprint density at radius 2 is 1.71 bits per heavy atom. The Bertz CT molecular complexity index is 904. The Balaban J connectivity index is 1.66. The van der Waals surface area contributed by atoms with Crippen LogP contribution in [0.2, 0.25) is 0 Å². The minimum atomic E-state index is -4.00. The summed E-state index contributed by atoms with van der Waals surface area (Å²) in [7, 11) is -4.00. The Kier molecular flexibility index (Phi) is 6.43. The topological polar surface area (TPSA) is 77.9 Å². The van der Waals surface area contributed by atoms with Gasteiger partial charge in [-0.2, -0.15) is 4.31 Å². The molecule has 28 heavy (non-hydrogen) atoms. The lowest BCUT2D eigenvalue weighted by Crippen LogP contribution is -2.39. The number of β-amino-alcohol motifs (C(OH)–C–C–N with tert-alkyl or cyclic N) is 1. The fourth-order valence-electron chi connectivity index (χ4n) is 3.24. The maximum Gasteiger partial charge on any atom is 0.243 e. The number of hydrogen-bond acceptors (Lipinski definition) is 4. The van der Waals surface area contributed by atoms with E-state index in [0.29, 0.717) is 13.0 Å². The van der Waals surface area contributed by atoms with Gasteiger partial charge in [-0.3, -0.25) is 4.79 Å². The number of carbonyl (C=O) groups is 1. The molecule has 1 unspecified atom stereocenters. The fraction of sp³-hybridized carbons (Fsp3) is 0.350. The molecule has 2 aromatic rings. The lowest BCUT2D eigenvalue weighted by molar-refractivity contribution is -0.131. The van der Waals surface area contributed by atoms with Gasteiger partial charge in [-0.05, 0) is 42.7 Å². The van der Waals surface area contributed by atoms with Crippen LogP contribution in [0.3, 0.4) is 0 Å². The van der Waals surface area contributed by atoms with E-state index in [2.05, 4.69) is 0 Å². The number of aliphatic hydroxyl groups is 1. The monoisotopic (exact) mass is 406 g/mol. The van der Waals surface area contributed by atoms with Gasteiger partial charge in [0.2, 0.25) is 15.9 Å². The standard InChI is InChI=1S/C20H23FN2O4S/c21-17-8-10-19(11-9-17)28(26,27)23-14-18(24)13-22(20(25)15-23)12-4-7-16-5-2-1-3-6-16/h1-3,5-6,8-11,18,24H,4,7,12-15H2. The largest absolute Gasteiger partial charge is 0.390 e. The quantitative estimate of drug-likeness (QED) is 0.791. The van der Waals surface area contributed by atoms with Gasteiger partial charge in [-0.25, -0.2) is 12.8 Å². The molecular weight excluding hydrogens is 383 g/mol. The molecule has 8 heteroatoms. The third kappa shape index (κ3) is 4.95. The first-order valence-corrected chi connectivity index (χ1v) is 10.6. The highest BCUT2D eigenvalue weighted by Gasteiger charge is 2.34. The number of benzene rings is 2. The van der Waals surface area contributed by atoms with Crippen molar-refractivity contribution in [2.24, 2.45) is 0 Å².